The minimum absolute atomic E-state index is 0.0532. The van der Waals surface area contributed by atoms with Crippen molar-refractivity contribution in [2.24, 2.45) is 17.6 Å². The van der Waals surface area contributed by atoms with Crippen molar-refractivity contribution in [2.75, 3.05) is 17.6 Å². The molecule has 1 heterocycles. The van der Waals surface area contributed by atoms with Gasteiger partial charge in [-0.05, 0) is 24.7 Å². The third-order valence-corrected chi connectivity index (χ3v) is 5.32. The van der Waals surface area contributed by atoms with Crippen LogP contribution in [-0.4, -0.2) is 18.2 Å². The van der Waals surface area contributed by atoms with E-state index in [9.17, 15) is 9.59 Å². The monoisotopic (exact) mass is 309 g/mol. The minimum Gasteiger partial charge on any atom is -0.397 e. The van der Waals surface area contributed by atoms with E-state index in [-0.39, 0.29) is 17.0 Å². The molecule has 0 spiro atoms. The topological polar surface area (TPSA) is 98.2 Å². The molecular formula is C15H23N3O2S. The number of thiophene rings is 1. The summed E-state index contributed by atoms with van der Waals surface area (Å²) in [6.45, 7) is 4.83. The SMILES string of the molecule is CCC(=O)c1sc(NCC2CCC(C)C2)c(C(N)=O)c1N. The molecule has 0 aromatic carbocycles. The lowest BCUT2D eigenvalue weighted by Gasteiger charge is -2.11. The second-order valence-electron chi connectivity index (χ2n) is 5.86. The maximum absolute atomic E-state index is 11.9. The number of ketones is 1. The van der Waals surface area contributed by atoms with Crippen LogP contribution in [0.2, 0.25) is 0 Å². The van der Waals surface area contributed by atoms with Gasteiger partial charge in [-0.2, -0.15) is 0 Å². The van der Waals surface area contributed by atoms with Crippen LogP contribution in [0.15, 0.2) is 0 Å². The number of carbonyl (C=O) groups excluding carboxylic acids is 2. The Hall–Kier alpha value is -1.56. The number of nitrogen functional groups attached to an aromatic ring is 1. The van der Waals surface area contributed by atoms with Gasteiger partial charge in [0.25, 0.3) is 5.91 Å². The van der Waals surface area contributed by atoms with Crippen LogP contribution in [0.25, 0.3) is 0 Å². The van der Waals surface area contributed by atoms with Crippen molar-refractivity contribution >= 4 is 33.7 Å². The summed E-state index contributed by atoms with van der Waals surface area (Å²) < 4.78 is 0. The predicted molar refractivity (Wildman–Crippen MR) is 86.9 cm³/mol. The lowest BCUT2D eigenvalue weighted by atomic mass is 10.1. The summed E-state index contributed by atoms with van der Waals surface area (Å²) in [5.41, 5.74) is 11.8. The van der Waals surface area contributed by atoms with E-state index in [1.54, 1.807) is 6.92 Å². The molecule has 1 saturated carbocycles. The Balaban J connectivity index is 2.17. The predicted octanol–water partition coefficient (Wildman–Crippen LogP) is 2.87. The largest absolute Gasteiger partial charge is 0.397 e. The van der Waals surface area contributed by atoms with E-state index in [1.165, 1.54) is 30.6 Å². The van der Waals surface area contributed by atoms with E-state index >= 15 is 0 Å². The molecule has 116 valence electrons. The van der Waals surface area contributed by atoms with Crippen LogP contribution < -0.4 is 16.8 Å². The van der Waals surface area contributed by atoms with Gasteiger partial charge in [-0.3, -0.25) is 9.59 Å². The van der Waals surface area contributed by atoms with Crippen molar-refractivity contribution in [1.29, 1.82) is 0 Å². The highest BCUT2D eigenvalue weighted by molar-refractivity contribution is 7.19. The molecule has 1 aliphatic rings. The summed E-state index contributed by atoms with van der Waals surface area (Å²) >= 11 is 1.24. The Labute approximate surface area is 129 Å². The van der Waals surface area contributed by atoms with Crippen LogP contribution in [0.5, 0.6) is 0 Å². The third-order valence-electron chi connectivity index (χ3n) is 4.12. The van der Waals surface area contributed by atoms with Gasteiger partial charge >= 0.3 is 0 Å². The molecule has 1 aromatic rings. The molecule has 1 aliphatic carbocycles. The molecule has 6 heteroatoms. The first-order valence-corrected chi connectivity index (χ1v) is 8.24. The summed E-state index contributed by atoms with van der Waals surface area (Å²) in [4.78, 5) is 23.9. The maximum atomic E-state index is 11.9. The van der Waals surface area contributed by atoms with E-state index < -0.39 is 5.91 Å². The number of amides is 1. The van der Waals surface area contributed by atoms with Gasteiger partial charge in [0.2, 0.25) is 0 Å². The van der Waals surface area contributed by atoms with Gasteiger partial charge in [0.15, 0.2) is 5.78 Å². The maximum Gasteiger partial charge on any atom is 0.253 e. The molecule has 2 atom stereocenters. The standard InChI is InChI=1S/C15H23N3O2S/c1-3-10(19)13-12(16)11(14(17)20)15(21-13)18-7-9-5-4-8(2)6-9/h8-9,18H,3-7,16H2,1-2H3,(H2,17,20). The number of anilines is 2. The van der Waals surface area contributed by atoms with E-state index in [0.717, 1.165) is 12.5 Å². The Bertz CT molecular complexity index is 553. The average molecular weight is 309 g/mol. The fraction of sp³-hybridized carbons (Fsp3) is 0.600. The lowest BCUT2D eigenvalue weighted by molar-refractivity contribution is 0.0991. The zero-order valence-corrected chi connectivity index (χ0v) is 13.4. The molecule has 0 radical (unpaired) electrons. The Morgan fingerprint density at radius 3 is 2.62 bits per heavy atom. The molecule has 2 unspecified atom stereocenters. The number of nitrogens with one attached hydrogen (secondary N) is 1. The fourth-order valence-corrected chi connectivity index (χ4v) is 4.07. The molecule has 2 rings (SSSR count). The van der Waals surface area contributed by atoms with Crippen LogP contribution in [0.1, 0.15) is 59.6 Å². The average Bonchev–Trinajstić information content (AvgIpc) is 2.99. The Kier molecular flexibility index (Phi) is 4.88. The molecule has 0 bridgehead atoms. The summed E-state index contributed by atoms with van der Waals surface area (Å²) in [5, 5.41) is 3.92. The molecule has 1 fully saturated rings. The summed E-state index contributed by atoms with van der Waals surface area (Å²) in [7, 11) is 0. The number of rotatable bonds is 6. The molecule has 1 aromatic heterocycles. The Morgan fingerprint density at radius 2 is 2.10 bits per heavy atom. The second kappa shape index (κ2) is 6.47. The molecule has 5 nitrogen and oxygen atoms in total. The summed E-state index contributed by atoms with van der Waals surface area (Å²) in [6, 6.07) is 0. The van der Waals surface area contributed by atoms with E-state index in [4.69, 9.17) is 11.5 Å². The van der Waals surface area contributed by atoms with Gasteiger partial charge in [0.05, 0.1) is 16.1 Å². The van der Waals surface area contributed by atoms with Gasteiger partial charge < -0.3 is 16.8 Å². The lowest BCUT2D eigenvalue weighted by Crippen LogP contribution is -2.17. The quantitative estimate of drug-likeness (QED) is 0.704. The highest BCUT2D eigenvalue weighted by Gasteiger charge is 2.25. The van der Waals surface area contributed by atoms with Crippen molar-refractivity contribution in [3.63, 3.8) is 0 Å². The van der Waals surface area contributed by atoms with Gasteiger partial charge in [0.1, 0.15) is 5.00 Å². The number of Topliss-reactive ketones (excluding diaryl/α,β-unsaturated/α-hetero) is 1. The van der Waals surface area contributed by atoms with Crippen molar-refractivity contribution in [3.05, 3.63) is 10.4 Å². The van der Waals surface area contributed by atoms with Gasteiger partial charge in [-0.15, -0.1) is 11.3 Å². The van der Waals surface area contributed by atoms with Gasteiger partial charge in [-0.1, -0.05) is 20.3 Å². The second-order valence-corrected chi connectivity index (χ2v) is 6.88. The molecule has 21 heavy (non-hydrogen) atoms. The van der Waals surface area contributed by atoms with Crippen molar-refractivity contribution < 1.29 is 9.59 Å². The number of hydrogen-bond acceptors (Lipinski definition) is 5. The number of nitrogens with two attached hydrogens (primary N) is 2. The molecular weight excluding hydrogens is 286 g/mol. The van der Waals surface area contributed by atoms with Crippen molar-refractivity contribution in [1.82, 2.24) is 0 Å². The number of hydrogen-bond donors (Lipinski definition) is 3. The van der Waals surface area contributed by atoms with E-state index in [0.29, 0.717) is 22.2 Å². The number of primary amides is 1. The molecule has 5 N–H and O–H groups in total. The van der Waals surface area contributed by atoms with Crippen LogP contribution in [0, 0.1) is 11.8 Å². The minimum atomic E-state index is -0.582. The normalized spacial score (nSPS) is 21.4. The highest BCUT2D eigenvalue weighted by atomic mass is 32.1. The smallest absolute Gasteiger partial charge is 0.253 e. The molecule has 0 aliphatic heterocycles. The summed E-state index contributed by atoms with van der Waals surface area (Å²) in [6.07, 6.45) is 4.01. The van der Waals surface area contributed by atoms with E-state index in [1.807, 2.05) is 0 Å². The first-order valence-electron chi connectivity index (χ1n) is 7.43. The van der Waals surface area contributed by atoms with Gasteiger partial charge in [0, 0.05) is 13.0 Å². The number of carbonyl (C=O) groups is 2. The van der Waals surface area contributed by atoms with Crippen LogP contribution in [-0.2, 0) is 0 Å². The van der Waals surface area contributed by atoms with Crippen molar-refractivity contribution in [3.8, 4) is 0 Å². The van der Waals surface area contributed by atoms with Crippen LogP contribution >= 0.6 is 11.3 Å². The van der Waals surface area contributed by atoms with E-state index in [2.05, 4.69) is 12.2 Å². The zero-order valence-electron chi connectivity index (χ0n) is 12.6. The summed E-state index contributed by atoms with van der Waals surface area (Å²) in [5.74, 6) is 0.733. The molecule has 0 saturated heterocycles. The van der Waals surface area contributed by atoms with Crippen molar-refractivity contribution in [2.45, 2.75) is 39.5 Å². The Morgan fingerprint density at radius 1 is 1.38 bits per heavy atom. The third kappa shape index (κ3) is 3.37. The highest BCUT2D eigenvalue weighted by Crippen LogP contribution is 2.37. The first kappa shape index (κ1) is 15.8. The van der Waals surface area contributed by atoms with Crippen LogP contribution in [0.4, 0.5) is 10.7 Å². The first-order chi connectivity index (χ1) is 9.93. The molecule has 1 amide bonds. The van der Waals surface area contributed by atoms with Gasteiger partial charge in [-0.25, -0.2) is 0 Å². The zero-order chi connectivity index (χ0) is 15.6. The van der Waals surface area contributed by atoms with Crippen LogP contribution in [0.3, 0.4) is 0 Å². The fourth-order valence-electron chi connectivity index (χ4n) is 2.93.